The van der Waals surface area contributed by atoms with Gasteiger partial charge in [0.1, 0.15) is 23.4 Å². The van der Waals surface area contributed by atoms with Gasteiger partial charge in [-0.3, -0.25) is 9.48 Å². The van der Waals surface area contributed by atoms with Gasteiger partial charge in [-0.25, -0.2) is 15.0 Å². The van der Waals surface area contributed by atoms with Crippen molar-refractivity contribution in [1.29, 1.82) is 0 Å². The smallest absolute Gasteiger partial charge is 0.256 e. The van der Waals surface area contributed by atoms with E-state index in [0.717, 1.165) is 16.8 Å². The van der Waals surface area contributed by atoms with E-state index in [1.165, 1.54) is 6.33 Å². The topological polar surface area (TPSA) is 120 Å². The summed E-state index contributed by atoms with van der Waals surface area (Å²) >= 11 is 0. The summed E-state index contributed by atoms with van der Waals surface area (Å²) in [5, 5.41) is 7.24. The predicted molar refractivity (Wildman–Crippen MR) is 135 cm³/mol. The zero-order valence-corrected chi connectivity index (χ0v) is 20.4. The van der Waals surface area contributed by atoms with Gasteiger partial charge in [0.2, 0.25) is 11.8 Å². The first-order valence-electron chi connectivity index (χ1n) is 11.5. The molecule has 4 heterocycles. The molecule has 5 rings (SSSR count). The van der Waals surface area contributed by atoms with Crippen molar-refractivity contribution in [2.45, 2.75) is 13.8 Å². The van der Waals surface area contributed by atoms with Gasteiger partial charge in [-0.2, -0.15) is 10.1 Å². The van der Waals surface area contributed by atoms with Gasteiger partial charge in [-0.15, -0.1) is 0 Å². The third kappa shape index (κ3) is 4.73. The lowest BCUT2D eigenvalue weighted by Crippen LogP contribution is -2.37. The molecule has 0 unspecified atom stereocenters. The Morgan fingerprint density at radius 1 is 1.17 bits per heavy atom. The molecule has 1 aliphatic heterocycles. The SMILES string of the molecule is C=C(C)c1cc(NC(=O)c2ccc(C)c(Oc3ncnc4cnc(N5CCOCC5)nc34)c2)n(C)n1. The molecule has 0 aliphatic carbocycles. The normalized spacial score (nSPS) is 13.6. The Morgan fingerprint density at radius 2 is 1.97 bits per heavy atom. The molecule has 1 N–H and O–H groups in total. The maximum Gasteiger partial charge on any atom is 0.256 e. The Balaban J connectivity index is 1.42. The van der Waals surface area contributed by atoms with Gasteiger partial charge < -0.3 is 19.7 Å². The van der Waals surface area contributed by atoms with Crippen LogP contribution in [0.1, 0.15) is 28.5 Å². The molecule has 1 fully saturated rings. The highest BCUT2D eigenvalue weighted by molar-refractivity contribution is 6.04. The molecule has 0 atom stereocenters. The standard InChI is InChI=1S/C25H26N8O3/c1-15(2)18-12-21(32(4)31-18)29-23(34)17-6-5-16(3)20(11-17)36-24-22-19(27-14-28-24)13-26-25(30-22)33-7-9-35-10-8-33/h5-6,11-14H,1,7-10H2,2-4H3,(H,29,34). The molecule has 1 aromatic carbocycles. The van der Waals surface area contributed by atoms with Crippen LogP contribution in [-0.2, 0) is 11.8 Å². The number of hydrogen-bond acceptors (Lipinski definition) is 9. The summed E-state index contributed by atoms with van der Waals surface area (Å²) in [6.07, 6.45) is 3.06. The fourth-order valence-electron chi connectivity index (χ4n) is 3.75. The summed E-state index contributed by atoms with van der Waals surface area (Å²) in [6, 6.07) is 7.03. The minimum atomic E-state index is -0.291. The first kappa shape index (κ1) is 23.4. The van der Waals surface area contributed by atoms with Crippen LogP contribution in [0.5, 0.6) is 11.6 Å². The highest BCUT2D eigenvalue weighted by atomic mass is 16.5. The summed E-state index contributed by atoms with van der Waals surface area (Å²) in [4.78, 5) is 32.8. The summed E-state index contributed by atoms with van der Waals surface area (Å²) in [6.45, 7) is 10.3. The molecule has 11 heteroatoms. The summed E-state index contributed by atoms with van der Waals surface area (Å²) < 4.78 is 13.2. The quantitative estimate of drug-likeness (QED) is 0.437. The fraction of sp³-hybridized carbons (Fsp3) is 0.280. The monoisotopic (exact) mass is 486 g/mol. The van der Waals surface area contributed by atoms with Crippen LogP contribution >= 0.6 is 0 Å². The number of nitrogens with zero attached hydrogens (tertiary/aromatic N) is 7. The maximum atomic E-state index is 13.0. The Labute approximate surface area is 207 Å². The van der Waals surface area contributed by atoms with Gasteiger partial charge in [-0.05, 0) is 37.1 Å². The molecule has 3 aromatic heterocycles. The Kier molecular flexibility index (Phi) is 6.30. The molecular weight excluding hydrogens is 460 g/mol. The molecule has 184 valence electrons. The number of benzene rings is 1. The zero-order chi connectivity index (χ0) is 25.2. The molecule has 11 nitrogen and oxygen atoms in total. The van der Waals surface area contributed by atoms with Crippen molar-refractivity contribution in [3.05, 3.63) is 60.2 Å². The van der Waals surface area contributed by atoms with Crippen molar-refractivity contribution in [2.75, 3.05) is 36.5 Å². The van der Waals surface area contributed by atoms with Crippen molar-refractivity contribution >= 4 is 34.3 Å². The van der Waals surface area contributed by atoms with Crippen molar-refractivity contribution in [3.63, 3.8) is 0 Å². The van der Waals surface area contributed by atoms with E-state index in [1.54, 1.807) is 36.1 Å². The van der Waals surface area contributed by atoms with Crippen LogP contribution in [0.2, 0.25) is 0 Å². The molecule has 0 saturated carbocycles. The van der Waals surface area contributed by atoms with E-state index >= 15 is 0 Å². The van der Waals surface area contributed by atoms with Crippen molar-refractivity contribution in [3.8, 4) is 11.6 Å². The van der Waals surface area contributed by atoms with Crippen molar-refractivity contribution < 1.29 is 14.3 Å². The largest absolute Gasteiger partial charge is 0.437 e. The van der Waals surface area contributed by atoms with Gasteiger partial charge in [0.15, 0.2) is 5.52 Å². The van der Waals surface area contributed by atoms with E-state index in [2.05, 4.69) is 36.9 Å². The third-order valence-electron chi connectivity index (χ3n) is 5.84. The van der Waals surface area contributed by atoms with E-state index < -0.39 is 0 Å². The number of nitrogens with one attached hydrogen (secondary N) is 1. The summed E-state index contributed by atoms with van der Waals surface area (Å²) in [5.74, 6) is 1.62. The van der Waals surface area contributed by atoms with Crippen molar-refractivity contribution in [2.24, 2.45) is 7.05 Å². The van der Waals surface area contributed by atoms with Crippen LogP contribution in [0.15, 0.2) is 43.4 Å². The summed E-state index contributed by atoms with van der Waals surface area (Å²) in [7, 11) is 1.76. The number of rotatable bonds is 6. The Bertz CT molecular complexity index is 1460. The second-order valence-electron chi connectivity index (χ2n) is 8.54. The number of carbonyl (C=O) groups is 1. The number of aromatic nitrogens is 6. The zero-order valence-electron chi connectivity index (χ0n) is 20.4. The highest BCUT2D eigenvalue weighted by Crippen LogP contribution is 2.29. The van der Waals surface area contributed by atoms with Gasteiger partial charge in [0, 0.05) is 31.8 Å². The second kappa shape index (κ2) is 9.70. The van der Waals surface area contributed by atoms with E-state index in [1.807, 2.05) is 24.8 Å². The average molecular weight is 487 g/mol. The lowest BCUT2D eigenvalue weighted by Gasteiger charge is -2.26. The van der Waals surface area contributed by atoms with Crippen LogP contribution < -0.4 is 15.0 Å². The molecule has 1 amide bonds. The van der Waals surface area contributed by atoms with Crippen LogP contribution in [0, 0.1) is 6.92 Å². The molecule has 0 radical (unpaired) electrons. The van der Waals surface area contributed by atoms with Crippen LogP contribution in [0.4, 0.5) is 11.8 Å². The molecule has 4 aromatic rings. The second-order valence-corrected chi connectivity index (χ2v) is 8.54. The minimum absolute atomic E-state index is 0.287. The lowest BCUT2D eigenvalue weighted by molar-refractivity contribution is 0.102. The Morgan fingerprint density at radius 3 is 2.72 bits per heavy atom. The number of allylic oxidation sites excluding steroid dienone is 1. The van der Waals surface area contributed by atoms with E-state index in [-0.39, 0.29) is 11.8 Å². The fourth-order valence-corrected chi connectivity index (χ4v) is 3.75. The first-order chi connectivity index (χ1) is 17.4. The van der Waals surface area contributed by atoms with Gasteiger partial charge >= 0.3 is 0 Å². The number of ether oxygens (including phenoxy) is 2. The molecule has 1 saturated heterocycles. The lowest BCUT2D eigenvalue weighted by atomic mass is 10.1. The van der Waals surface area contributed by atoms with Gasteiger partial charge in [-0.1, -0.05) is 12.6 Å². The number of carbonyl (C=O) groups excluding carboxylic acids is 1. The number of hydrogen-bond donors (Lipinski definition) is 1. The minimum Gasteiger partial charge on any atom is -0.437 e. The molecular formula is C25H26N8O3. The number of fused-ring (bicyclic) bond motifs is 1. The Hall–Kier alpha value is -4.38. The number of anilines is 2. The molecule has 36 heavy (non-hydrogen) atoms. The predicted octanol–water partition coefficient (Wildman–Crippen LogP) is 3.38. The van der Waals surface area contributed by atoms with E-state index in [9.17, 15) is 4.79 Å². The van der Waals surface area contributed by atoms with Crippen LogP contribution in [0.3, 0.4) is 0 Å². The van der Waals surface area contributed by atoms with Gasteiger partial charge in [0.25, 0.3) is 5.91 Å². The molecule has 1 aliphatic rings. The number of amides is 1. The summed E-state index contributed by atoms with van der Waals surface area (Å²) in [5.41, 5.74) is 3.85. The van der Waals surface area contributed by atoms with E-state index in [4.69, 9.17) is 9.47 Å². The van der Waals surface area contributed by atoms with E-state index in [0.29, 0.717) is 60.4 Å². The first-order valence-corrected chi connectivity index (χ1v) is 11.5. The van der Waals surface area contributed by atoms with Crippen LogP contribution in [-0.4, -0.2) is 61.9 Å². The van der Waals surface area contributed by atoms with Crippen LogP contribution in [0.25, 0.3) is 16.6 Å². The molecule has 0 bridgehead atoms. The molecule has 0 spiro atoms. The van der Waals surface area contributed by atoms with Gasteiger partial charge in [0.05, 0.1) is 25.1 Å². The number of aryl methyl sites for hydroxylation is 2. The van der Waals surface area contributed by atoms with Crippen molar-refractivity contribution in [1.82, 2.24) is 29.7 Å². The third-order valence-corrected chi connectivity index (χ3v) is 5.84. The average Bonchev–Trinajstić information content (AvgIpc) is 3.26. The highest BCUT2D eigenvalue weighted by Gasteiger charge is 2.18. The number of morpholine rings is 1. The maximum absolute atomic E-state index is 13.0.